The van der Waals surface area contributed by atoms with Crippen molar-refractivity contribution in [2.45, 2.75) is 45.6 Å². The average molecular weight is 349 g/mol. The summed E-state index contributed by atoms with van der Waals surface area (Å²) in [6.45, 7) is 8.19. The van der Waals surface area contributed by atoms with Crippen LogP contribution in [0.15, 0.2) is 35.2 Å². The second kappa shape index (κ2) is 7.89. The van der Waals surface area contributed by atoms with Crippen LogP contribution in [-0.2, 0) is 17.8 Å². The van der Waals surface area contributed by atoms with Crippen molar-refractivity contribution < 1.29 is 9.53 Å². The van der Waals surface area contributed by atoms with Crippen LogP contribution in [0.1, 0.15) is 36.1 Å². The Kier molecular flexibility index (Phi) is 6.14. The molecule has 0 aliphatic rings. The smallest absolute Gasteiger partial charge is 0.190 e. The lowest BCUT2D eigenvalue weighted by molar-refractivity contribution is -0.109. The largest absolute Gasteiger partial charge is 0.489 e. The summed E-state index contributed by atoms with van der Waals surface area (Å²) in [6, 6.07) is 9.81. The maximum atomic E-state index is 11.4. The minimum Gasteiger partial charge on any atom is -0.489 e. The third-order valence-electron chi connectivity index (χ3n) is 3.72. The van der Waals surface area contributed by atoms with Crippen LogP contribution in [0.2, 0.25) is 5.02 Å². The van der Waals surface area contributed by atoms with Gasteiger partial charge in [-0.2, -0.15) is 0 Å². The molecule has 0 aliphatic carbocycles. The molecule has 2 rings (SSSR count). The zero-order chi connectivity index (χ0) is 17.0. The van der Waals surface area contributed by atoms with Gasteiger partial charge in [0.1, 0.15) is 12.4 Å². The fourth-order valence-corrected chi connectivity index (χ4v) is 3.50. The Hall–Kier alpha value is -1.45. The molecule has 2 nitrogen and oxygen atoms in total. The zero-order valence-corrected chi connectivity index (χ0v) is 15.5. The lowest BCUT2D eigenvalue weighted by Gasteiger charge is -2.15. The highest BCUT2D eigenvalue weighted by Gasteiger charge is 2.12. The molecular weight excluding hydrogens is 328 g/mol. The zero-order valence-electron chi connectivity index (χ0n) is 13.9. The predicted octanol–water partition coefficient (Wildman–Crippen LogP) is 5.74. The summed E-state index contributed by atoms with van der Waals surface area (Å²) in [5, 5.41) is 0.656. The van der Waals surface area contributed by atoms with E-state index in [1.165, 1.54) is 22.9 Å². The number of halogens is 1. The molecule has 0 N–H and O–H groups in total. The van der Waals surface area contributed by atoms with Crippen molar-refractivity contribution >= 4 is 28.5 Å². The number of hydrogen-bond acceptors (Lipinski definition) is 3. The summed E-state index contributed by atoms with van der Waals surface area (Å²) in [4.78, 5) is 12.3. The minimum absolute atomic E-state index is 0.0350. The van der Waals surface area contributed by atoms with Gasteiger partial charge in [-0.15, -0.1) is 0 Å². The summed E-state index contributed by atoms with van der Waals surface area (Å²) >= 11 is 7.48. The maximum Gasteiger partial charge on any atom is 0.190 e. The van der Waals surface area contributed by atoms with Gasteiger partial charge in [-0.3, -0.25) is 4.79 Å². The molecule has 0 bridgehead atoms. The number of aryl methyl sites for hydroxylation is 3. The van der Waals surface area contributed by atoms with Gasteiger partial charge in [0.05, 0.1) is 0 Å². The van der Waals surface area contributed by atoms with Gasteiger partial charge in [0.15, 0.2) is 5.12 Å². The van der Waals surface area contributed by atoms with Gasteiger partial charge in [0.25, 0.3) is 0 Å². The first-order chi connectivity index (χ1) is 10.9. The van der Waals surface area contributed by atoms with Crippen LogP contribution in [0.5, 0.6) is 5.75 Å². The van der Waals surface area contributed by atoms with Crippen molar-refractivity contribution in [3.8, 4) is 5.75 Å². The molecule has 0 unspecified atom stereocenters. The van der Waals surface area contributed by atoms with E-state index in [2.05, 4.69) is 26.0 Å². The van der Waals surface area contributed by atoms with Crippen molar-refractivity contribution in [2.75, 3.05) is 0 Å². The molecule has 0 aromatic heterocycles. The monoisotopic (exact) mass is 348 g/mol. The van der Waals surface area contributed by atoms with Gasteiger partial charge >= 0.3 is 0 Å². The number of hydrogen-bond donors (Lipinski definition) is 0. The number of rotatable bonds is 5. The van der Waals surface area contributed by atoms with Crippen LogP contribution in [0.4, 0.5) is 0 Å². The van der Waals surface area contributed by atoms with Gasteiger partial charge in [0, 0.05) is 22.4 Å². The number of thioether (sulfide) groups is 1. The lowest BCUT2D eigenvalue weighted by atomic mass is 10.0. The maximum absolute atomic E-state index is 11.4. The number of ether oxygens (including phenoxy) is 1. The van der Waals surface area contributed by atoms with Crippen molar-refractivity contribution in [1.82, 2.24) is 0 Å². The van der Waals surface area contributed by atoms with E-state index in [0.717, 1.165) is 28.2 Å². The van der Waals surface area contributed by atoms with E-state index < -0.39 is 0 Å². The molecule has 23 heavy (non-hydrogen) atoms. The molecule has 0 spiro atoms. The van der Waals surface area contributed by atoms with Crippen LogP contribution in [0, 0.1) is 13.8 Å². The van der Waals surface area contributed by atoms with E-state index in [1.807, 2.05) is 25.1 Å². The summed E-state index contributed by atoms with van der Waals surface area (Å²) in [5.41, 5.74) is 4.53. The number of benzene rings is 2. The fourth-order valence-electron chi connectivity index (χ4n) is 2.47. The third kappa shape index (κ3) is 4.52. The Morgan fingerprint density at radius 1 is 1.22 bits per heavy atom. The predicted molar refractivity (Wildman–Crippen MR) is 97.6 cm³/mol. The molecule has 2 aromatic rings. The van der Waals surface area contributed by atoms with Crippen LogP contribution in [0.3, 0.4) is 0 Å². The van der Waals surface area contributed by atoms with Crippen LogP contribution in [0.25, 0.3) is 0 Å². The summed E-state index contributed by atoms with van der Waals surface area (Å²) < 4.78 is 6.00. The van der Waals surface area contributed by atoms with E-state index in [4.69, 9.17) is 16.3 Å². The second-order valence-electron chi connectivity index (χ2n) is 5.50. The van der Waals surface area contributed by atoms with Gasteiger partial charge in [-0.1, -0.05) is 42.4 Å². The van der Waals surface area contributed by atoms with Crippen molar-refractivity contribution in [3.05, 3.63) is 57.6 Å². The first kappa shape index (κ1) is 17.9. The Morgan fingerprint density at radius 3 is 2.61 bits per heavy atom. The van der Waals surface area contributed by atoms with Crippen LogP contribution >= 0.6 is 23.4 Å². The Balaban J connectivity index is 2.24. The van der Waals surface area contributed by atoms with E-state index in [1.54, 1.807) is 6.92 Å². The standard InChI is InChI=1S/C19H21ClO2S/c1-5-15-9-13(3)18(10-12(15)2)22-11-16-17(20)7-6-8-19(16)23-14(4)21/h6-10H,5,11H2,1-4H3. The van der Waals surface area contributed by atoms with Gasteiger partial charge < -0.3 is 4.74 Å². The molecule has 2 aromatic carbocycles. The van der Waals surface area contributed by atoms with E-state index in [0.29, 0.717) is 11.6 Å². The van der Waals surface area contributed by atoms with Crippen molar-refractivity contribution in [2.24, 2.45) is 0 Å². The summed E-state index contributed by atoms with van der Waals surface area (Å²) in [6.07, 6.45) is 1.01. The third-order valence-corrected chi connectivity index (χ3v) is 4.96. The van der Waals surface area contributed by atoms with Crippen molar-refractivity contribution in [3.63, 3.8) is 0 Å². The summed E-state index contributed by atoms with van der Waals surface area (Å²) in [7, 11) is 0. The second-order valence-corrected chi connectivity index (χ2v) is 7.12. The minimum atomic E-state index is 0.0350. The van der Waals surface area contributed by atoms with E-state index >= 15 is 0 Å². The lowest BCUT2D eigenvalue weighted by Crippen LogP contribution is -2.02. The molecule has 0 radical (unpaired) electrons. The Bertz CT molecular complexity index is 726. The van der Waals surface area contributed by atoms with Crippen LogP contribution in [-0.4, -0.2) is 5.12 Å². The van der Waals surface area contributed by atoms with Gasteiger partial charge in [-0.25, -0.2) is 0 Å². The Morgan fingerprint density at radius 2 is 1.96 bits per heavy atom. The van der Waals surface area contributed by atoms with E-state index in [9.17, 15) is 4.79 Å². The van der Waals surface area contributed by atoms with Gasteiger partial charge in [-0.05, 0) is 55.2 Å². The highest BCUT2D eigenvalue weighted by atomic mass is 35.5. The number of carbonyl (C=O) groups excluding carboxylic acids is 1. The first-order valence-electron chi connectivity index (χ1n) is 7.61. The Labute approximate surface area is 147 Å². The first-order valence-corrected chi connectivity index (χ1v) is 8.80. The topological polar surface area (TPSA) is 26.3 Å². The van der Waals surface area contributed by atoms with E-state index in [-0.39, 0.29) is 5.12 Å². The molecule has 0 fully saturated rings. The molecule has 0 aliphatic heterocycles. The average Bonchev–Trinajstić information content (AvgIpc) is 2.49. The fraction of sp³-hybridized carbons (Fsp3) is 0.316. The molecule has 0 amide bonds. The highest BCUT2D eigenvalue weighted by molar-refractivity contribution is 8.13. The van der Waals surface area contributed by atoms with Crippen LogP contribution < -0.4 is 4.74 Å². The normalized spacial score (nSPS) is 10.7. The summed E-state index contributed by atoms with van der Waals surface area (Å²) in [5.74, 6) is 0.860. The molecule has 4 heteroatoms. The van der Waals surface area contributed by atoms with Gasteiger partial charge in [0.2, 0.25) is 0 Å². The SMILES string of the molecule is CCc1cc(C)c(OCc2c(Cl)cccc2SC(C)=O)cc1C. The quantitative estimate of drug-likeness (QED) is 0.645. The molecule has 0 heterocycles. The molecule has 0 saturated carbocycles. The molecule has 122 valence electrons. The molecular formula is C19H21ClO2S. The molecule has 0 saturated heterocycles. The highest BCUT2D eigenvalue weighted by Crippen LogP contribution is 2.31. The molecule has 0 atom stereocenters. The number of carbonyl (C=O) groups is 1. The van der Waals surface area contributed by atoms with Crippen molar-refractivity contribution in [1.29, 1.82) is 0 Å².